The van der Waals surface area contributed by atoms with Gasteiger partial charge in [-0.15, -0.1) is 0 Å². The number of fused-ring (bicyclic) bond motifs is 1. The van der Waals surface area contributed by atoms with Crippen molar-refractivity contribution in [1.82, 2.24) is 4.57 Å². The van der Waals surface area contributed by atoms with E-state index in [-0.39, 0.29) is 12.5 Å². The van der Waals surface area contributed by atoms with Gasteiger partial charge in [0.2, 0.25) is 15.9 Å². The zero-order chi connectivity index (χ0) is 18.9. The van der Waals surface area contributed by atoms with Gasteiger partial charge in [0.15, 0.2) is 0 Å². The van der Waals surface area contributed by atoms with E-state index in [1.165, 1.54) is 7.05 Å². The van der Waals surface area contributed by atoms with Crippen LogP contribution in [0.25, 0.3) is 10.9 Å². The number of anilines is 2. The number of aryl methyl sites for hydroxylation is 1. The number of carbonyl (C=O) groups is 1. The van der Waals surface area contributed by atoms with Crippen LogP contribution < -0.4 is 9.62 Å². The molecule has 0 radical (unpaired) electrons. The molecule has 3 rings (SSSR count). The van der Waals surface area contributed by atoms with Gasteiger partial charge in [-0.1, -0.05) is 30.3 Å². The second-order valence-corrected chi connectivity index (χ2v) is 8.24. The number of carbonyl (C=O) groups excluding carboxylic acids is 1. The second-order valence-electron chi connectivity index (χ2n) is 6.23. The highest BCUT2D eigenvalue weighted by Gasteiger charge is 2.17. The van der Waals surface area contributed by atoms with Crippen LogP contribution in [-0.2, 0) is 21.4 Å². The molecule has 1 N–H and O–H groups in total. The summed E-state index contributed by atoms with van der Waals surface area (Å²) in [5.41, 5.74) is 2.86. The van der Waals surface area contributed by atoms with E-state index >= 15 is 0 Å². The van der Waals surface area contributed by atoms with Gasteiger partial charge in [-0.25, -0.2) is 8.42 Å². The van der Waals surface area contributed by atoms with Crippen LogP contribution in [0.15, 0.2) is 54.6 Å². The molecule has 0 saturated heterocycles. The number of amides is 1. The standard InChI is InChI=1S/C19H21N3O3S/c1-14-12-15-8-4-6-10-17(15)22(14)13-19(23)20-16-9-5-7-11-18(16)21(2)26(3,24)25/h4-12H,13H2,1-3H3,(H,20,23). The fourth-order valence-corrected chi connectivity index (χ4v) is 3.44. The Kier molecular flexibility index (Phi) is 4.73. The highest BCUT2D eigenvalue weighted by Crippen LogP contribution is 2.26. The topological polar surface area (TPSA) is 71.4 Å². The lowest BCUT2D eigenvalue weighted by Gasteiger charge is -2.20. The van der Waals surface area contributed by atoms with Crippen molar-refractivity contribution in [2.45, 2.75) is 13.5 Å². The molecule has 1 aromatic heterocycles. The summed E-state index contributed by atoms with van der Waals surface area (Å²) in [7, 11) is -1.96. The maximum atomic E-state index is 12.6. The number of sulfonamides is 1. The summed E-state index contributed by atoms with van der Waals surface area (Å²) in [5, 5.41) is 3.91. The maximum Gasteiger partial charge on any atom is 0.244 e. The third-order valence-corrected chi connectivity index (χ3v) is 5.53. The van der Waals surface area contributed by atoms with Gasteiger partial charge >= 0.3 is 0 Å². The SMILES string of the molecule is Cc1cc2ccccc2n1CC(=O)Nc1ccccc1N(C)S(C)(=O)=O. The molecule has 1 amide bonds. The van der Waals surface area contributed by atoms with Gasteiger partial charge in [-0.05, 0) is 36.6 Å². The molecule has 0 aliphatic carbocycles. The van der Waals surface area contributed by atoms with Gasteiger partial charge in [0.1, 0.15) is 6.54 Å². The first-order valence-corrected chi connectivity index (χ1v) is 10.00. The fraction of sp³-hybridized carbons (Fsp3) is 0.211. The first kappa shape index (κ1) is 18.0. The Bertz CT molecular complexity index is 1070. The van der Waals surface area contributed by atoms with Crippen molar-refractivity contribution in [3.8, 4) is 0 Å². The molecule has 2 aromatic carbocycles. The molecule has 0 unspecified atom stereocenters. The zero-order valence-electron chi connectivity index (χ0n) is 14.9. The lowest BCUT2D eigenvalue weighted by Crippen LogP contribution is -2.27. The maximum absolute atomic E-state index is 12.6. The van der Waals surface area contributed by atoms with E-state index in [4.69, 9.17) is 0 Å². The molecular formula is C19H21N3O3S. The summed E-state index contributed by atoms with van der Waals surface area (Å²) in [6, 6.07) is 16.8. The molecule has 0 bridgehead atoms. The molecule has 0 aliphatic rings. The molecular weight excluding hydrogens is 350 g/mol. The monoisotopic (exact) mass is 371 g/mol. The minimum absolute atomic E-state index is 0.149. The van der Waals surface area contributed by atoms with Crippen molar-refractivity contribution in [3.05, 3.63) is 60.3 Å². The number of para-hydroxylation sites is 3. The summed E-state index contributed by atoms with van der Waals surface area (Å²) >= 11 is 0. The molecule has 1 heterocycles. The molecule has 0 aliphatic heterocycles. The Morgan fingerprint density at radius 3 is 2.50 bits per heavy atom. The molecule has 3 aromatic rings. The number of hydrogen-bond donors (Lipinski definition) is 1. The largest absolute Gasteiger partial charge is 0.335 e. The molecule has 26 heavy (non-hydrogen) atoms. The predicted octanol–water partition coefficient (Wildman–Crippen LogP) is 2.98. The van der Waals surface area contributed by atoms with E-state index in [1.54, 1.807) is 24.3 Å². The molecule has 136 valence electrons. The minimum atomic E-state index is -3.42. The highest BCUT2D eigenvalue weighted by molar-refractivity contribution is 7.92. The molecule has 7 heteroatoms. The van der Waals surface area contributed by atoms with Crippen LogP contribution in [0.2, 0.25) is 0 Å². The Morgan fingerprint density at radius 1 is 1.12 bits per heavy atom. The van der Waals surface area contributed by atoms with Crippen molar-refractivity contribution in [1.29, 1.82) is 0 Å². The summed E-state index contributed by atoms with van der Waals surface area (Å²) < 4.78 is 26.7. The van der Waals surface area contributed by atoms with Gasteiger partial charge in [-0.2, -0.15) is 0 Å². The average molecular weight is 371 g/mol. The molecule has 0 spiro atoms. The third kappa shape index (κ3) is 3.57. The number of aromatic nitrogens is 1. The molecule has 0 saturated carbocycles. The first-order chi connectivity index (χ1) is 12.3. The number of rotatable bonds is 5. The van der Waals surface area contributed by atoms with Gasteiger partial charge in [0, 0.05) is 18.3 Å². The van der Waals surface area contributed by atoms with Crippen molar-refractivity contribution in [2.75, 3.05) is 22.9 Å². The van der Waals surface area contributed by atoms with E-state index < -0.39 is 10.0 Å². The zero-order valence-corrected chi connectivity index (χ0v) is 15.7. The predicted molar refractivity (Wildman–Crippen MR) is 105 cm³/mol. The van der Waals surface area contributed by atoms with E-state index in [0.717, 1.165) is 27.2 Å². The Labute approximate surface area is 153 Å². The van der Waals surface area contributed by atoms with Gasteiger partial charge in [0.25, 0.3) is 0 Å². The van der Waals surface area contributed by atoms with Gasteiger partial charge < -0.3 is 9.88 Å². The quantitative estimate of drug-likeness (QED) is 0.749. The average Bonchev–Trinajstić information content (AvgIpc) is 2.89. The third-order valence-electron chi connectivity index (χ3n) is 4.33. The van der Waals surface area contributed by atoms with Crippen LogP contribution in [0.5, 0.6) is 0 Å². The lowest BCUT2D eigenvalue weighted by atomic mass is 10.2. The summed E-state index contributed by atoms with van der Waals surface area (Å²) in [4.78, 5) is 12.6. The van der Waals surface area contributed by atoms with Crippen LogP contribution in [0.4, 0.5) is 11.4 Å². The van der Waals surface area contributed by atoms with Gasteiger partial charge in [-0.3, -0.25) is 9.10 Å². The lowest BCUT2D eigenvalue weighted by molar-refractivity contribution is -0.116. The number of benzene rings is 2. The summed E-state index contributed by atoms with van der Waals surface area (Å²) in [6.07, 6.45) is 1.13. The van der Waals surface area contributed by atoms with Crippen LogP contribution in [-0.4, -0.2) is 32.2 Å². The Hall–Kier alpha value is -2.80. The van der Waals surface area contributed by atoms with Crippen molar-refractivity contribution in [2.24, 2.45) is 0 Å². The summed E-state index contributed by atoms with van der Waals surface area (Å²) in [5.74, 6) is -0.219. The molecule has 0 atom stereocenters. The van der Waals surface area contributed by atoms with E-state index in [1.807, 2.05) is 41.8 Å². The van der Waals surface area contributed by atoms with Crippen molar-refractivity contribution >= 4 is 38.2 Å². The van der Waals surface area contributed by atoms with Crippen molar-refractivity contribution < 1.29 is 13.2 Å². The Balaban J connectivity index is 1.86. The number of hydrogen-bond acceptors (Lipinski definition) is 3. The normalized spacial score (nSPS) is 11.5. The Morgan fingerprint density at radius 2 is 1.77 bits per heavy atom. The van der Waals surface area contributed by atoms with Gasteiger partial charge in [0.05, 0.1) is 17.6 Å². The molecule has 0 fully saturated rings. The fourth-order valence-electron chi connectivity index (χ4n) is 2.92. The number of nitrogens with zero attached hydrogens (tertiary/aromatic N) is 2. The molecule has 6 nitrogen and oxygen atoms in total. The second kappa shape index (κ2) is 6.84. The van der Waals surface area contributed by atoms with Crippen LogP contribution in [0.1, 0.15) is 5.69 Å². The highest BCUT2D eigenvalue weighted by atomic mass is 32.2. The number of nitrogens with one attached hydrogen (secondary N) is 1. The van der Waals surface area contributed by atoms with Crippen LogP contribution in [0, 0.1) is 6.92 Å². The summed E-state index contributed by atoms with van der Waals surface area (Å²) in [6.45, 7) is 2.11. The minimum Gasteiger partial charge on any atom is -0.335 e. The van der Waals surface area contributed by atoms with Crippen LogP contribution >= 0.6 is 0 Å². The van der Waals surface area contributed by atoms with Crippen LogP contribution in [0.3, 0.4) is 0 Å². The van der Waals surface area contributed by atoms with Crippen molar-refractivity contribution in [3.63, 3.8) is 0 Å². The first-order valence-electron chi connectivity index (χ1n) is 8.15. The van der Waals surface area contributed by atoms with E-state index in [2.05, 4.69) is 5.32 Å². The van der Waals surface area contributed by atoms with E-state index in [9.17, 15) is 13.2 Å². The van der Waals surface area contributed by atoms with E-state index in [0.29, 0.717) is 11.4 Å². The smallest absolute Gasteiger partial charge is 0.244 e.